The number of aromatic carboxylic acids is 1. The minimum Gasteiger partial charge on any atom is -0.476 e. The molecule has 116 valence electrons. The van der Waals surface area contributed by atoms with Gasteiger partial charge in [0.15, 0.2) is 5.69 Å². The summed E-state index contributed by atoms with van der Waals surface area (Å²) in [5.74, 6) is -0.611. The van der Waals surface area contributed by atoms with Crippen LogP contribution in [0.4, 0.5) is 0 Å². The number of benzene rings is 2. The van der Waals surface area contributed by atoms with Crippen molar-refractivity contribution in [1.29, 1.82) is 0 Å². The van der Waals surface area contributed by atoms with E-state index < -0.39 is 5.97 Å². The molecule has 0 aliphatic rings. The molecule has 0 aliphatic heterocycles. The standard InChI is InChI=1S/C16H12BrN3O2S/c17-11-5-4-6-12(9-11)20-14(15(16(21)22)18-19-20)10-23-13-7-2-1-3-8-13/h1-9H,10H2,(H,21,22). The first kappa shape index (κ1) is 15.8. The Morgan fingerprint density at radius 1 is 1.17 bits per heavy atom. The molecule has 0 bridgehead atoms. The molecule has 3 rings (SSSR count). The molecule has 0 fully saturated rings. The Morgan fingerprint density at radius 2 is 1.96 bits per heavy atom. The first-order valence-corrected chi connectivity index (χ1v) is 8.54. The minimum absolute atomic E-state index is 0.0200. The molecular formula is C16H12BrN3O2S. The smallest absolute Gasteiger partial charge is 0.358 e. The summed E-state index contributed by atoms with van der Waals surface area (Å²) in [6.45, 7) is 0. The van der Waals surface area contributed by atoms with Gasteiger partial charge in [0.25, 0.3) is 0 Å². The fourth-order valence-corrected chi connectivity index (χ4v) is 3.38. The third kappa shape index (κ3) is 3.62. The van der Waals surface area contributed by atoms with Gasteiger partial charge in [-0.25, -0.2) is 9.48 Å². The van der Waals surface area contributed by atoms with Crippen LogP contribution in [0.15, 0.2) is 64.0 Å². The van der Waals surface area contributed by atoms with Gasteiger partial charge in [0.05, 0.1) is 11.4 Å². The van der Waals surface area contributed by atoms with Crippen LogP contribution in [0.1, 0.15) is 16.2 Å². The van der Waals surface area contributed by atoms with Crippen LogP contribution in [0.3, 0.4) is 0 Å². The highest BCUT2D eigenvalue weighted by Crippen LogP contribution is 2.26. The molecule has 0 radical (unpaired) electrons. The fourth-order valence-electron chi connectivity index (χ4n) is 2.08. The van der Waals surface area contributed by atoms with Crippen LogP contribution in [0.2, 0.25) is 0 Å². The van der Waals surface area contributed by atoms with Gasteiger partial charge in [-0.05, 0) is 30.3 Å². The highest BCUT2D eigenvalue weighted by atomic mass is 79.9. The molecular weight excluding hydrogens is 378 g/mol. The Kier molecular flexibility index (Phi) is 4.78. The average Bonchev–Trinajstić information content (AvgIpc) is 2.98. The molecule has 0 aliphatic carbocycles. The largest absolute Gasteiger partial charge is 0.476 e. The number of carboxylic acids is 1. The topological polar surface area (TPSA) is 68.0 Å². The van der Waals surface area contributed by atoms with Crippen LogP contribution < -0.4 is 0 Å². The van der Waals surface area contributed by atoms with E-state index in [-0.39, 0.29) is 5.69 Å². The molecule has 0 amide bonds. The summed E-state index contributed by atoms with van der Waals surface area (Å²) in [5.41, 5.74) is 1.31. The Hall–Kier alpha value is -2.12. The van der Waals surface area contributed by atoms with Gasteiger partial charge >= 0.3 is 5.97 Å². The second-order valence-corrected chi connectivity index (χ2v) is 6.65. The van der Waals surface area contributed by atoms with E-state index in [0.717, 1.165) is 15.1 Å². The lowest BCUT2D eigenvalue weighted by Crippen LogP contribution is -2.06. The Bertz CT molecular complexity index is 836. The number of halogens is 1. The summed E-state index contributed by atoms with van der Waals surface area (Å²) in [4.78, 5) is 12.5. The number of aromatic nitrogens is 3. The predicted molar refractivity (Wildman–Crippen MR) is 92.0 cm³/mol. The second-order valence-electron chi connectivity index (χ2n) is 4.68. The lowest BCUT2D eigenvalue weighted by molar-refractivity contribution is 0.0689. The predicted octanol–water partition coefficient (Wildman–Crippen LogP) is 4.02. The van der Waals surface area contributed by atoms with Crippen molar-refractivity contribution in [3.8, 4) is 5.69 Å². The maximum absolute atomic E-state index is 11.4. The van der Waals surface area contributed by atoms with Crippen molar-refractivity contribution in [1.82, 2.24) is 15.0 Å². The van der Waals surface area contributed by atoms with Crippen LogP contribution in [0.25, 0.3) is 5.69 Å². The summed E-state index contributed by atoms with van der Waals surface area (Å²) in [6.07, 6.45) is 0. The molecule has 1 heterocycles. The third-order valence-electron chi connectivity index (χ3n) is 3.14. The van der Waals surface area contributed by atoms with Gasteiger partial charge in [-0.1, -0.05) is 45.4 Å². The first-order chi connectivity index (χ1) is 11.1. The number of carboxylic acid groups (broad SMARTS) is 1. The van der Waals surface area contributed by atoms with Gasteiger partial charge in [0.2, 0.25) is 0 Å². The molecule has 0 saturated heterocycles. The van der Waals surface area contributed by atoms with E-state index in [1.54, 1.807) is 16.4 Å². The van der Waals surface area contributed by atoms with Crippen molar-refractivity contribution >= 4 is 33.7 Å². The van der Waals surface area contributed by atoms with Crippen molar-refractivity contribution in [2.24, 2.45) is 0 Å². The summed E-state index contributed by atoms with van der Waals surface area (Å²) in [6, 6.07) is 17.3. The van der Waals surface area contributed by atoms with E-state index in [1.807, 2.05) is 54.6 Å². The van der Waals surface area contributed by atoms with E-state index in [1.165, 1.54) is 0 Å². The number of carbonyl (C=O) groups is 1. The van der Waals surface area contributed by atoms with Crippen LogP contribution >= 0.6 is 27.7 Å². The van der Waals surface area contributed by atoms with Gasteiger partial charge < -0.3 is 5.11 Å². The van der Waals surface area contributed by atoms with E-state index in [0.29, 0.717) is 11.4 Å². The SMILES string of the molecule is O=C(O)c1nnn(-c2cccc(Br)c2)c1CSc1ccccc1. The summed E-state index contributed by atoms with van der Waals surface area (Å²) in [5, 5.41) is 17.2. The Morgan fingerprint density at radius 3 is 2.65 bits per heavy atom. The van der Waals surface area contributed by atoms with Crippen LogP contribution in [-0.4, -0.2) is 26.1 Å². The molecule has 3 aromatic rings. The molecule has 1 N–H and O–H groups in total. The molecule has 5 nitrogen and oxygen atoms in total. The molecule has 2 aromatic carbocycles. The maximum atomic E-state index is 11.4. The number of thioether (sulfide) groups is 1. The molecule has 0 atom stereocenters. The van der Waals surface area contributed by atoms with Gasteiger partial charge in [-0.3, -0.25) is 0 Å². The summed E-state index contributed by atoms with van der Waals surface area (Å²) < 4.78 is 2.47. The number of hydrogen-bond donors (Lipinski definition) is 1. The number of rotatable bonds is 5. The normalized spacial score (nSPS) is 10.7. The molecule has 0 saturated carbocycles. The van der Waals surface area contributed by atoms with Crippen LogP contribution in [-0.2, 0) is 5.75 Å². The number of nitrogens with zero attached hydrogens (tertiary/aromatic N) is 3. The van der Waals surface area contributed by atoms with Crippen molar-refractivity contribution in [3.63, 3.8) is 0 Å². The van der Waals surface area contributed by atoms with Gasteiger partial charge in [-0.15, -0.1) is 16.9 Å². The zero-order valence-corrected chi connectivity index (χ0v) is 14.3. The van der Waals surface area contributed by atoms with E-state index >= 15 is 0 Å². The first-order valence-electron chi connectivity index (χ1n) is 6.77. The second kappa shape index (κ2) is 6.97. The zero-order valence-electron chi connectivity index (χ0n) is 11.9. The maximum Gasteiger partial charge on any atom is 0.358 e. The highest BCUT2D eigenvalue weighted by molar-refractivity contribution is 9.10. The summed E-state index contributed by atoms with van der Waals surface area (Å²) >= 11 is 4.96. The molecule has 23 heavy (non-hydrogen) atoms. The Labute approximate surface area is 145 Å². The van der Waals surface area contributed by atoms with Crippen molar-refractivity contribution in [2.45, 2.75) is 10.6 Å². The van der Waals surface area contributed by atoms with Gasteiger partial charge in [-0.2, -0.15) is 0 Å². The molecule has 0 unspecified atom stereocenters. The molecule has 1 aromatic heterocycles. The minimum atomic E-state index is -1.07. The van der Waals surface area contributed by atoms with Crippen LogP contribution in [0.5, 0.6) is 0 Å². The fraction of sp³-hybridized carbons (Fsp3) is 0.0625. The third-order valence-corrected chi connectivity index (χ3v) is 4.65. The number of hydrogen-bond acceptors (Lipinski definition) is 4. The zero-order chi connectivity index (χ0) is 16.2. The van der Waals surface area contributed by atoms with Gasteiger partial charge in [0, 0.05) is 15.1 Å². The Balaban J connectivity index is 1.96. The van der Waals surface area contributed by atoms with E-state index in [2.05, 4.69) is 26.2 Å². The van der Waals surface area contributed by atoms with Crippen molar-refractivity contribution < 1.29 is 9.90 Å². The van der Waals surface area contributed by atoms with Gasteiger partial charge in [0.1, 0.15) is 0 Å². The van der Waals surface area contributed by atoms with Crippen molar-refractivity contribution in [3.05, 3.63) is 70.5 Å². The quantitative estimate of drug-likeness (QED) is 0.667. The molecule has 7 heteroatoms. The lowest BCUT2D eigenvalue weighted by atomic mass is 10.3. The van der Waals surface area contributed by atoms with E-state index in [9.17, 15) is 9.90 Å². The average molecular weight is 390 g/mol. The monoisotopic (exact) mass is 389 g/mol. The van der Waals surface area contributed by atoms with E-state index in [4.69, 9.17) is 0 Å². The van der Waals surface area contributed by atoms with Crippen molar-refractivity contribution in [2.75, 3.05) is 0 Å². The lowest BCUT2D eigenvalue weighted by Gasteiger charge is -2.07. The molecule has 0 spiro atoms. The highest BCUT2D eigenvalue weighted by Gasteiger charge is 2.20. The van der Waals surface area contributed by atoms with Crippen LogP contribution in [0, 0.1) is 0 Å². The summed E-state index contributed by atoms with van der Waals surface area (Å²) in [7, 11) is 0.